The van der Waals surface area contributed by atoms with Crippen LogP contribution in [0.25, 0.3) is 10.9 Å². The van der Waals surface area contributed by atoms with Crippen LogP contribution in [-0.4, -0.2) is 103 Å². The number of rotatable bonds is 11. The van der Waals surface area contributed by atoms with E-state index in [0.29, 0.717) is 17.6 Å². The minimum atomic E-state index is -3.53. The summed E-state index contributed by atoms with van der Waals surface area (Å²) in [6.07, 6.45) is 7.22. The fraction of sp³-hybridized carbons (Fsp3) is 0.556. The maximum absolute atomic E-state index is 14.8. The van der Waals surface area contributed by atoms with Gasteiger partial charge in [-0.1, -0.05) is 55.5 Å². The molecule has 284 valence electrons. The number of aromatic nitrogens is 4. The van der Waals surface area contributed by atoms with Crippen molar-refractivity contribution in [3.63, 3.8) is 0 Å². The number of amides is 4. The number of hydrogen-bond donors (Lipinski definition) is 4. The molecule has 1 saturated carbocycles. The van der Waals surface area contributed by atoms with Crippen molar-refractivity contribution < 1.29 is 37.5 Å². The maximum atomic E-state index is 14.8. The molecular formula is C36H46N8O8S. The number of Topliss-reactive ketones (excluding diaryl/α,β-unsaturated/α-hetero) is 1. The summed E-state index contributed by atoms with van der Waals surface area (Å²) in [7, 11) is -3.53. The molecule has 4 heterocycles. The number of hydrogen-bond acceptors (Lipinski definition) is 11. The molecule has 2 aromatic heterocycles. The molecule has 1 aliphatic carbocycles. The van der Waals surface area contributed by atoms with E-state index >= 15 is 0 Å². The summed E-state index contributed by atoms with van der Waals surface area (Å²) in [5.74, 6) is -5.05. The Balaban J connectivity index is 1.34. The minimum Gasteiger partial charge on any atom is -0.384 e. The smallest absolute Gasteiger partial charge is 0.287 e. The first-order chi connectivity index (χ1) is 25.1. The van der Waals surface area contributed by atoms with Crippen molar-refractivity contribution in [3.8, 4) is 0 Å². The molecule has 3 fully saturated rings. The third-order valence-electron chi connectivity index (χ3n) is 10.9. The number of benzene rings is 1. The average Bonchev–Trinajstić information content (AvgIpc) is 3.81. The lowest BCUT2D eigenvalue weighted by molar-refractivity contribution is -0.145. The van der Waals surface area contributed by atoms with E-state index in [1.165, 1.54) is 22.0 Å². The van der Waals surface area contributed by atoms with Crippen molar-refractivity contribution in [3.05, 3.63) is 54.0 Å². The van der Waals surface area contributed by atoms with Crippen LogP contribution in [0.1, 0.15) is 93.7 Å². The maximum Gasteiger partial charge on any atom is 0.287 e. The van der Waals surface area contributed by atoms with Gasteiger partial charge < -0.3 is 26.4 Å². The second-order valence-electron chi connectivity index (χ2n) is 15.1. The molecule has 6 rings (SSSR count). The van der Waals surface area contributed by atoms with Crippen molar-refractivity contribution in [2.45, 2.75) is 101 Å². The molecule has 16 nitrogen and oxygen atoms in total. The first-order valence-electron chi connectivity index (χ1n) is 18.0. The van der Waals surface area contributed by atoms with Gasteiger partial charge in [-0.05, 0) is 51.2 Å². The van der Waals surface area contributed by atoms with Gasteiger partial charge in [0.05, 0.1) is 40.5 Å². The number of carbonyl (C=O) groups excluding carboxylic acids is 5. The highest BCUT2D eigenvalue weighted by Gasteiger charge is 2.50. The van der Waals surface area contributed by atoms with Crippen molar-refractivity contribution in [2.24, 2.45) is 11.7 Å². The second-order valence-corrected chi connectivity index (χ2v) is 17.4. The van der Waals surface area contributed by atoms with Crippen LogP contribution in [0.2, 0.25) is 0 Å². The Morgan fingerprint density at radius 3 is 2.43 bits per heavy atom. The molecule has 5 N–H and O–H groups in total. The van der Waals surface area contributed by atoms with E-state index in [-0.39, 0.29) is 37.3 Å². The Hall–Kier alpha value is -4.77. The van der Waals surface area contributed by atoms with Gasteiger partial charge >= 0.3 is 0 Å². The molecular weight excluding hydrogens is 705 g/mol. The second kappa shape index (κ2) is 14.9. The third kappa shape index (κ3) is 8.25. The lowest BCUT2D eigenvalue weighted by Gasteiger charge is -2.37. The van der Waals surface area contributed by atoms with Gasteiger partial charge in [0, 0.05) is 24.5 Å². The number of fused-ring (bicyclic) bond motifs is 1. The lowest BCUT2D eigenvalue weighted by atomic mass is 9.84. The standard InChI is InChI=1S/C36H46N8O8S/c1-35(2,50)29-20-39-42-44(29)25-18-28(33(48)41-36(30(45)31(37)46)12-14-53(51,52)15-13-36)43(21-25)34(49)27(16-22-8-4-3-5-9-22)40-32(47)24-17-23-10-6-7-11-26(23)38-19-24/h6-7,10-11,17,19-20,22,25,27-28,50H,3-5,8-9,12-16,18,21H2,1-2H3,(H2,37,46)(H,40,47)(H,41,48)/t25-,27?,28-/m0/s1. The Bertz CT molecular complexity index is 2010. The zero-order chi connectivity index (χ0) is 38.1. The van der Waals surface area contributed by atoms with Gasteiger partial charge in [0.1, 0.15) is 23.2 Å². The number of para-hydroxylation sites is 1. The van der Waals surface area contributed by atoms with Crippen LogP contribution in [0.5, 0.6) is 0 Å². The number of nitrogens with one attached hydrogen (secondary N) is 2. The zero-order valence-electron chi connectivity index (χ0n) is 29.9. The van der Waals surface area contributed by atoms with E-state index in [2.05, 4.69) is 25.9 Å². The predicted molar refractivity (Wildman–Crippen MR) is 192 cm³/mol. The molecule has 1 aromatic carbocycles. The van der Waals surface area contributed by atoms with Crippen molar-refractivity contribution in [2.75, 3.05) is 18.1 Å². The summed E-state index contributed by atoms with van der Waals surface area (Å²) < 4.78 is 26.1. The van der Waals surface area contributed by atoms with Gasteiger partial charge in [-0.3, -0.25) is 29.0 Å². The third-order valence-corrected chi connectivity index (χ3v) is 12.5. The predicted octanol–water partition coefficient (Wildman–Crippen LogP) is 1.08. The molecule has 4 amide bonds. The summed E-state index contributed by atoms with van der Waals surface area (Å²) in [4.78, 5) is 74.1. The first kappa shape index (κ1) is 38.0. The Morgan fingerprint density at radius 2 is 1.75 bits per heavy atom. The summed E-state index contributed by atoms with van der Waals surface area (Å²) >= 11 is 0. The van der Waals surface area contributed by atoms with Gasteiger partial charge in [0.15, 0.2) is 9.84 Å². The van der Waals surface area contributed by atoms with Crippen LogP contribution in [-0.2, 0) is 34.6 Å². The van der Waals surface area contributed by atoms with Gasteiger partial charge in [-0.15, -0.1) is 5.10 Å². The van der Waals surface area contributed by atoms with Gasteiger partial charge in [-0.2, -0.15) is 0 Å². The van der Waals surface area contributed by atoms with E-state index in [1.54, 1.807) is 19.9 Å². The number of sulfone groups is 1. The molecule has 2 aliphatic heterocycles. The van der Waals surface area contributed by atoms with Crippen LogP contribution in [0, 0.1) is 5.92 Å². The average molecular weight is 751 g/mol. The molecule has 0 radical (unpaired) electrons. The molecule has 0 bridgehead atoms. The minimum absolute atomic E-state index is 0.0259. The van der Waals surface area contributed by atoms with Gasteiger partial charge in [-0.25, -0.2) is 13.1 Å². The van der Waals surface area contributed by atoms with E-state index < -0.39 is 80.0 Å². The fourth-order valence-corrected chi connectivity index (χ4v) is 9.42. The van der Waals surface area contributed by atoms with Crippen molar-refractivity contribution in [1.82, 2.24) is 35.5 Å². The highest BCUT2D eigenvalue weighted by Crippen LogP contribution is 2.35. The molecule has 53 heavy (non-hydrogen) atoms. The normalized spacial score (nSPS) is 22.2. The number of likely N-dealkylation sites (tertiary alicyclic amines) is 1. The number of nitrogens with zero attached hydrogens (tertiary/aromatic N) is 5. The van der Waals surface area contributed by atoms with Crippen LogP contribution < -0.4 is 16.4 Å². The Labute approximate surface area is 307 Å². The Morgan fingerprint density at radius 1 is 1.06 bits per heavy atom. The number of ketones is 1. The largest absolute Gasteiger partial charge is 0.384 e. The number of nitrogens with two attached hydrogens (primary N) is 1. The molecule has 0 spiro atoms. The van der Waals surface area contributed by atoms with E-state index in [1.807, 2.05) is 24.3 Å². The quantitative estimate of drug-likeness (QED) is 0.202. The topological polar surface area (TPSA) is 237 Å². The molecule has 17 heteroatoms. The zero-order valence-corrected chi connectivity index (χ0v) is 30.7. The number of pyridine rings is 1. The van der Waals surface area contributed by atoms with Crippen molar-refractivity contribution >= 4 is 50.2 Å². The highest BCUT2D eigenvalue weighted by atomic mass is 32.2. The SMILES string of the molecule is CC(C)(O)c1cnnn1[C@H]1C[C@@H](C(=O)NC2(C(=O)C(N)=O)CCS(=O)(=O)CC2)N(C(=O)C(CC2CCCCC2)NC(=O)c2cnc3ccccc3c2)C1. The Kier molecular flexibility index (Phi) is 10.7. The van der Waals surface area contributed by atoms with E-state index in [0.717, 1.165) is 37.5 Å². The van der Waals surface area contributed by atoms with E-state index in [4.69, 9.17) is 5.73 Å². The molecule has 1 unspecified atom stereocenters. The molecule has 2 saturated heterocycles. The summed E-state index contributed by atoms with van der Waals surface area (Å²) in [6, 6.07) is 6.09. The van der Waals surface area contributed by atoms with Crippen LogP contribution in [0.3, 0.4) is 0 Å². The summed E-state index contributed by atoms with van der Waals surface area (Å²) in [5.41, 5.74) is 3.42. The number of carbonyl (C=O) groups is 5. The summed E-state index contributed by atoms with van der Waals surface area (Å²) in [6.45, 7) is 3.04. The molecule has 3 atom stereocenters. The van der Waals surface area contributed by atoms with E-state index in [9.17, 15) is 37.5 Å². The van der Waals surface area contributed by atoms with Crippen LogP contribution in [0.4, 0.5) is 0 Å². The summed E-state index contributed by atoms with van der Waals surface area (Å²) in [5, 5.41) is 25.4. The number of aliphatic hydroxyl groups is 1. The van der Waals surface area contributed by atoms with Gasteiger partial charge in [0.2, 0.25) is 17.6 Å². The lowest BCUT2D eigenvalue weighted by Crippen LogP contribution is -2.64. The van der Waals surface area contributed by atoms with Crippen LogP contribution >= 0.6 is 0 Å². The molecule has 3 aromatic rings. The number of primary amides is 1. The fourth-order valence-electron chi connectivity index (χ4n) is 7.90. The van der Waals surface area contributed by atoms with Crippen molar-refractivity contribution in [1.29, 1.82) is 0 Å². The van der Waals surface area contributed by atoms with Gasteiger partial charge in [0.25, 0.3) is 11.8 Å². The van der Waals surface area contributed by atoms with Crippen LogP contribution in [0.15, 0.2) is 42.7 Å². The first-order valence-corrected chi connectivity index (χ1v) is 19.8. The highest BCUT2D eigenvalue weighted by molar-refractivity contribution is 7.91. The monoisotopic (exact) mass is 750 g/mol. The molecule has 3 aliphatic rings.